The maximum Gasteiger partial charge on any atom is 0.133 e. The lowest BCUT2D eigenvalue weighted by Gasteiger charge is -2.03. The zero-order chi connectivity index (χ0) is 10.8. The van der Waals surface area contributed by atoms with E-state index in [1.165, 1.54) is 12.1 Å². The highest BCUT2D eigenvalue weighted by Crippen LogP contribution is 2.23. The highest BCUT2D eigenvalue weighted by molar-refractivity contribution is 14.1. The Hall–Kier alpha value is -0.970. The van der Waals surface area contributed by atoms with Gasteiger partial charge in [0.15, 0.2) is 0 Å². The van der Waals surface area contributed by atoms with E-state index in [4.69, 9.17) is 0 Å². The van der Waals surface area contributed by atoms with Crippen LogP contribution in [0.25, 0.3) is 11.1 Å². The van der Waals surface area contributed by atoms with E-state index < -0.39 is 11.6 Å². The second-order valence-electron chi connectivity index (χ2n) is 3.13. The normalized spacial score (nSPS) is 10.3. The van der Waals surface area contributed by atoms with Crippen molar-refractivity contribution in [2.24, 2.45) is 0 Å². The molecular weight excluding hydrogens is 309 g/mol. The van der Waals surface area contributed by atoms with Crippen LogP contribution in [0.15, 0.2) is 42.5 Å². The minimum Gasteiger partial charge on any atom is -0.207 e. The minimum atomic E-state index is -0.554. The third kappa shape index (κ3) is 2.34. The quantitative estimate of drug-likeness (QED) is 0.691. The molecule has 0 aliphatic heterocycles. The van der Waals surface area contributed by atoms with Crippen molar-refractivity contribution in [3.8, 4) is 11.1 Å². The summed E-state index contributed by atoms with van der Waals surface area (Å²) in [7, 11) is 0. The van der Waals surface area contributed by atoms with E-state index in [0.29, 0.717) is 5.56 Å². The van der Waals surface area contributed by atoms with Gasteiger partial charge in [-0.2, -0.15) is 0 Å². The van der Waals surface area contributed by atoms with Gasteiger partial charge in [-0.1, -0.05) is 12.1 Å². The lowest BCUT2D eigenvalue weighted by Crippen LogP contribution is -1.86. The molecule has 0 spiro atoms. The van der Waals surface area contributed by atoms with Crippen LogP contribution < -0.4 is 0 Å². The number of hydrogen-bond acceptors (Lipinski definition) is 0. The number of hydrogen-bond donors (Lipinski definition) is 0. The number of rotatable bonds is 1. The highest BCUT2D eigenvalue weighted by Gasteiger charge is 2.05. The Balaban J connectivity index is 2.49. The average Bonchev–Trinajstić information content (AvgIpc) is 2.20. The van der Waals surface area contributed by atoms with E-state index >= 15 is 0 Å². The van der Waals surface area contributed by atoms with Gasteiger partial charge in [0, 0.05) is 15.2 Å². The van der Waals surface area contributed by atoms with Gasteiger partial charge in [0.2, 0.25) is 0 Å². The molecule has 0 bridgehead atoms. The molecule has 0 heterocycles. The Bertz CT molecular complexity index is 477. The fourth-order valence-corrected chi connectivity index (χ4v) is 1.71. The molecular formula is C12H7F2I. The van der Waals surface area contributed by atoms with Crippen molar-refractivity contribution in [1.29, 1.82) is 0 Å². The molecule has 2 aromatic carbocycles. The van der Waals surface area contributed by atoms with Crippen LogP contribution >= 0.6 is 22.6 Å². The van der Waals surface area contributed by atoms with Crippen LogP contribution in [-0.4, -0.2) is 0 Å². The molecule has 0 saturated carbocycles. The van der Waals surface area contributed by atoms with Gasteiger partial charge in [-0.15, -0.1) is 0 Å². The number of halogens is 3. The molecule has 0 aliphatic carbocycles. The molecule has 3 heteroatoms. The topological polar surface area (TPSA) is 0 Å². The smallest absolute Gasteiger partial charge is 0.133 e. The molecule has 15 heavy (non-hydrogen) atoms. The maximum atomic E-state index is 13.4. The predicted molar refractivity (Wildman–Crippen MR) is 64.5 cm³/mol. The fraction of sp³-hybridized carbons (Fsp3) is 0. The zero-order valence-electron chi connectivity index (χ0n) is 7.68. The summed E-state index contributed by atoms with van der Waals surface area (Å²) in [5, 5.41) is 0. The van der Waals surface area contributed by atoms with Crippen molar-refractivity contribution in [3.63, 3.8) is 0 Å². The summed E-state index contributed by atoms with van der Waals surface area (Å²) < 4.78 is 27.2. The predicted octanol–water partition coefficient (Wildman–Crippen LogP) is 4.24. The average molecular weight is 316 g/mol. The molecule has 0 amide bonds. The molecule has 76 valence electrons. The first kappa shape index (κ1) is 10.5. The van der Waals surface area contributed by atoms with E-state index in [2.05, 4.69) is 22.6 Å². The second-order valence-corrected chi connectivity index (χ2v) is 4.38. The summed E-state index contributed by atoms with van der Waals surface area (Å²) in [6, 6.07) is 11.0. The van der Waals surface area contributed by atoms with Gasteiger partial charge in [-0.05, 0) is 52.4 Å². The third-order valence-corrected chi connectivity index (χ3v) is 2.81. The molecule has 0 atom stereocenters. The Morgan fingerprint density at radius 1 is 0.867 bits per heavy atom. The molecule has 0 aromatic heterocycles. The fourth-order valence-electron chi connectivity index (χ4n) is 1.35. The first-order valence-corrected chi connectivity index (χ1v) is 5.46. The SMILES string of the molecule is Fc1ccc(-c2ccc(I)cc2)c(F)c1. The van der Waals surface area contributed by atoms with Gasteiger partial charge in [0.25, 0.3) is 0 Å². The van der Waals surface area contributed by atoms with E-state index in [1.807, 2.05) is 24.3 Å². The summed E-state index contributed by atoms with van der Waals surface area (Å²) in [6.07, 6.45) is 0. The Labute approximate surface area is 100 Å². The van der Waals surface area contributed by atoms with Crippen LogP contribution in [0, 0.1) is 15.2 Å². The summed E-state index contributed by atoms with van der Waals surface area (Å²) >= 11 is 2.18. The molecule has 0 nitrogen and oxygen atoms in total. The lowest BCUT2D eigenvalue weighted by molar-refractivity contribution is 0.585. The van der Waals surface area contributed by atoms with Gasteiger partial charge in [0.05, 0.1) is 0 Å². The van der Waals surface area contributed by atoms with Crippen LogP contribution in [0.3, 0.4) is 0 Å². The van der Waals surface area contributed by atoms with Crippen molar-refractivity contribution >= 4 is 22.6 Å². The molecule has 0 saturated heterocycles. The van der Waals surface area contributed by atoms with E-state index in [1.54, 1.807) is 0 Å². The largest absolute Gasteiger partial charge is 0.207 e. The van der Waals surface area contributed by atoms with Crippen molar-refractivity contribution in [3.05, 3.63) is 57.7 Å². The Kier molecular flexibility index (Phi) is 3.00. The summed E-state index contributed by atoms with van der Waals surface area (Å²) in [4.78, 5) is 0. The van der Waals surface area contributed by atoms with Crippen molar-refractivity contribution in [1.82, 2.24) is 0 Å². The zero-order valence-corrected chi connectivity index (χ0v) is 9.83. The van der Waals surface area contributed by atoms with Crippen LogP contribution in [0.4, 0.5) is 8.78 Å². The molecule has 0 fully saturated rings. The molecule has 0 N–H and O–H groups in total. The van der Waals surface area contributed by atoms with E-state index in [9.17, 15) is 8.78 Å². The summed E-state index contributed by atoms with van der Waals surface area (Å²) in [5.74, 6) is -1.09. The number of benzene rings is 2. The van der Waals surface area contributed by atoms with Crippen molar-refractivity contribution < 1.29 is 8.78 Å². The second kappa shape index (κ2) is 4.26. The van der Waals surface area contributed by atoms with Gasteiger partial charge in [0.1, 0.15) is 11.6 Å². The molecule has 0 aliphatic rings. The Morgan fingerprint density at radius 2 is 1.53 bits per heavy atom. The molecule has 2 aromatic rings. The summed E-state index contributed by atoms with van der Waals surface area (Å²) in [5.41, 5.74) is 1.18. The highest BCUT2D eigenvalue weighted by atomic mass is 127. The first-order chi connectivity index (χ1) is 7.16. The van der Waals surface area contributed by atoms with Gasteiger partial charge < -0.3 is 0 Å². The summed E-state index contributed by atoms with van der Waals surface area (Å²) in [6.45, 7) is 0. The van der Waals surface area contributed by atoms with Gasteiger partial charge >= 0.3 is 0 Å². The van der Waals surface area contributed by atoms with Crippen molar-refractivity contribution in [2.75, 3.05) is 0 Å². The van der Waals surface area contributed by atoms with Crippen LogP contribution in [0.1, 0.15) is 0 Å². The lowest BCUT2D eigenvalue weighted by atomic mass is 10.1. The molecule has 0 radical (unpaired) electrons. The Morgan fingerprint density at radius 3 is 2.13 bits per heavy atom. The van der Waals surface area contributed by atoms with E-state index in [0.717, 1.165) is 15.2 Å². The molecule has 0 unspecified atom stereocenters. The third-order valence-electron chi connectivity index (χ3n) is 2.09. The van der Waals surface area contributed by atoms with Crippen LogP contribution in [0.2, 0.25) is 0 Å². The first-order valence-electron chi connectivity index (χ1n) is 4.38. The van der Waals surface area contributed by atoms with Gasteiger partial charge in [-0.3, -0.25) is 0 Å². The minimum absolute atomic E-state index is 0.424. The standard InChI is InChI=1S/C12H7F2I/c13-9-3-6-11(12(14)7-9)8-1-4-10(15)5-2-8/h1-7H. The van der Waals surface area contributed by atoms with E-state index in [-0.39, 0.29) is 0 Å². The maximum absolute atomic E-state index is 13.4. The monoisotopic (exact) mass is 316 g/mol. The molecule has 2 rings (SSSR count). The van der Waals surface area contributed by atoms with Crippen LogP contribution in [-0.2, 0) is 0 Å². The van der Waals surface area contributed by atoms with Gasteiger partial charge in [-0.25, -0.2) is 8.78 Å². The van der Waals surface area contributed by atoms with Crippen LogP contribution in [0.5, 0.6) is 0 Å². The van der Waals surface area contributed by atoms with Crippen molar-refractivity contribution in [2.45, 2.75) is 0 Å².